The van der Waals surface area contributed by atoms with Crippen LogP contribution in [0.5, 0.6) is 11.5 Å². The molecular weight excluding hydrogens is 246 g/mol. The normalized spacial score (nSPS) is 17.0. The van der Waals surface area contributed by atoms with Gasteiger partial charge >= 0.3 is 0 Å². The Morgan fingerprint density at radius 1 is 1.50 bits per heavy atom. The molecule has 1 heterocycles. The second-order valence-corrected chi connectivity index (χ2v) is 4.31. The summed E-state index contributed by atoms with van der Waals surface area (Å²) in [5.41, 5.74) is 1.02. The average Bonchev–Trinajstić information content (AvgIpc) is 2.34. The molecule has 3 nitrogen and oxygen atoms in total. The second-order valence-electron chi connectivity index (χ2n) is 3.46. The Morgan fingerprint density at radius 2 is 2.29 bits per heavy atom. The van der Waals surface area contributed by atoms with Crippen molar-refractivity contribution in [3.63, 3.8) is 0 Å². The third-order valence-electron chi connectivity index (χ3n) is 2.33. The summed E-state index contributed by atoms with van der Waals surface area (Å²) in [7, 11) is 2.04. The molecule has 0 amide bonds. The van der Waals surface area contributed by atoms with Gasteiger partial charge in [-0.15, -0.1) is 0 Å². The Morgan fingerprint density at radius 3 is 3.07 bits per heavy atom. The van der Waals surface area contributed by atoms with E-state index < -0.39 is 0 Å². The number of phenols is 1. The number of halogens is 1. The molecular formula is C10H12BrNO2. The Kier molecular flexibility index (Phi) is 2.65. The maximum atomic E-state index is 9.63. The van der Waals surface area contributed by atoms with E-state index in [-0.39, 0.29) is 5.75 Å². The molecule has 2 rings (SSSR count). The zero-order valence-corrected chi connectivity index (χ0v) is 9.54. The molecule has 0 radical (unpaired) electrons. The summed E-state index contributed by atoms with van der Waals surface area (Å²) in [6, 6.07) is 3.49. The number of nitrogens with zero attached hydrogens (tertiary/aromatic N) is 1. The molecule has 76 valence electrons. The first-order valence-electron chi connectivity index (χ1n) is 4.50. The second kappa shape index (κ2) is 3.79. The number of benzene rings is 1. The summed E-state index contributed by atoms with van der Waals surface area (Å²) in [5.74, 6) is 0.835. The van der Waals surface area contributed by atoms with Crippen LogP contribution in [-0.4, -0.2) is 30.2 Å². The van der Waals surface area contributed by atoms with E-state index in [2.05, 4.69) is 20.8 Å². The van der Waals surface area contributed by atoms with Crippen molar-refractivity contribution in [2.75, 3.05) is 20.2 Å². The minimum atomic E-state index is 0.221. The summed E-state index contributed by atoms with van der Waals surface area (Å²) >= 11 is 3.46. The fourth-order valence-electron chi connectivity index (χ4n) is 1.55. The number of hydrogen-bond donors (Lipinski definition) is 1. The number of phenolic OH excluding ortho intramolecular Hbond substituents is 1. The van der Waals surface area contributed by atoms with Gasteiger partial charge in [0.05, 0.1) is 0 Å². The number of hydrogen-bond acceptors (Lipinski definition) is 3. The van der Waals surface area contributed by atoms with Gasteiger partial charge in [0, 0.05) is 23.1 Å². The monoisotopic (exact) mass is 257 g/mol. The number of aromatic hydroxyl groups is 1. The smallest absolute Gasteiger partial charge is 0.166 e. The first kappa shape index (κ1) is 9.80. The molecule has 1 N–H and O–H groups in total. The quantitative estimate of drug-likeness (QED) is 0.772. The van der Waals surface area contributed by atoms with Gasteiger partial charge in [-0.05, 0) is 19.2 Å². The van der Waals surface area contributed by atoms with Crippen molar-refractivity contribution in [3.05, 3.63) is 22.2 Å². The summed E-state index contributed by atoms with van der Waals surface area (Å²) in [6.45, 7) is 2.29. The van der Waals surface area contributed by atoms with Crippen LogP contribution in [0.1, 0.15) is 5.56 Å². The molecule has 14 heavy (non-hydrogen) atoms. The van der Waals surface area contributed by atoms with Crippen molar-refractivity contribution in [1.29, 1.82) is 0 Å². The highest BCUT2D eigenvalue weighted by molar-refractivity contribution is 9.10. The number of rotatable bonds is 0. The molecule has 0 saturated carbocycles. The minimum absolute atomic E-state index is 0.221. The molecule has 1 aliphatic heterocycles. The number of ether oxygens (including phenoxy) is 1. The van der Waals surface area contributed by atoms with Gasteiger partial charge in [0.2, 0.25) is 0 Å². The Hall–Kier alpha value is -0.740. The summed E-state index contributed by atoms with van der Waals surface area (Å²) in [6.07, 6.45) is 0. The molecule has 0 saturated heterocycles. The van der Waals surface area contributed by atoms with Crippen LogP contribution in [0, 0.1) is 0 Å². The molecule has 0 unspecified atom stereocenters. The zero-order valence-electron chi connectivity index (χ0n) is 7.96. The third-order valence-corrected chi connectivity index (χ3v) is 3.07. The van der Waals surface area contributed by atoms with E-state index in [4.69, 9.17) is 4.74 Å². The first-order chi connectivity index (χ1) is 6.68. The van der Waals surface area contributed by atoms with E-state index in [9.17, 15) is 5.11 Å². The SMILES string of the molecule is CN1CCOc2c(O)ccc(Br)c2C1. The van der Waals surface area contributed by atoms with Crippen molar-refractivity contribution in [3.8, 4) is 11.5 Å². The number of likely N-dealkylation sites (N-methyl/N-ethyl adjacent to an activating group) is 1. The standard InChI is InChI=1S/C10H12BrNO2/c1-12-4-5-14-10-7(6-12)8(11)2-3-9(10)13/h2-3,13H,4-6H2,1H3. The Balaban J connectivity index is 2.48. The van der Waals surface area contributed by atoms with Gasteiger partial charge in [0.1, 0.15) is 6.61 Å². The lowest BCUT2D eigenvalue weighted by Crippen LogP contribution is -2.20. The summed E-state index contributed by atoms with van der Waals surface area (Å²) < 4.78 is 6.49. The van der Waals surface area contributed by atoms with Crippen LogP contribution in [0.25, 0.3) is 0 Å². The van der Waals surface area contributed by atoms with Crippen LogP contribution in [0.3, 0.4) is 0 Å². The van der Waals surface area contributed by atoms with Crippen molar-refractivity contribution in [2.45, 2.75) is 6.54 Å². The maximum Gasteiger partial charge on any atom is 0.166 e. The van der Waals surface area contributed by atoms with E-state index in [1.807, 2.05) is 13.1 Å². The van der Waals surface area contributed by atoms with E-state index in [1.165, 1.54) is 0 Å². The summed E-state index contributed by atoms with van der Waals surface area (Å²) in [5, 5.41) is 9.63. The average molecular weight is 258 g/mol. The molecule has 0 aliphatic carbocycles. The lowest BCUT2D eigenvalue weighted by atomic mass is 10.2. The third kappa shape index (κ3) is 1.72. The highest BCUT2D eigenvalue weighted by Gasteiger charge is 2.18. The van der Waals surface area contributed by atoms with Gasteiger partial charge in [0.15, 0.2) is 11.5 Å². The zero-order chi connectivity index (χ0) is 10.1. The van der Waals surface area contributed by atoms with E-state index in [1.54, 1.807) is 6.07 Å². The molecule has 1 aromatic carbocycles. The van der Waals surface area contributed by atoms with Crippen molar-refractivity contribution >= 4 is 15.9 Å². The molecule has 0 spiro atoms. The first-order valence-corrected chi connectivity index (χ1v) is 5.29. The van der Waals surface area contributed by atoms with Crippen LogP contribution in [0.2, 0.25) is 0 Å². The van der Waals surface area contributed by atoms with Gasteiger partial charge in [-0.2, -0.15) is 0 Å². The fourth-order valence-corrected chi connectivity index (χ4v) is 1.99. The Labute approximate surface area is 91.4 Å². The molecule has 0 bridgehead atoms. The molecule has 0 aromatic heterocycles. The van der Waals surface area contributed by atoms with Crippen molar-refractivity contribution in [2.24, 2.45) is 0 Å². The van der Waals surface area contributed by atoms with Gasteiger partial charge < -0.3 is 9.84 Å². The van der Waals surface area contributed by atoms with Crippen LogP contribution in [-0.2, 0) is 6.54 Å². The highest BCUT2D eigenvalue weighted by atomic mass is 79.9. The van der Waals surface area contributed by atoms with Gasteiger partial charge in [-0.3, -0.25) is 4.90 Å². The van der Waals surface area contributed by atoms with Crippen molar-refractivity contribution < 1.29 is 9.84 Å². The van der Waals surface area contributed by atoms with Crippen LogP contribution < -0.4 is 4.74 Å². The predicted octanol–water partition coefficient (Wildman–Crippen LogP) is 1.98. The number of fused-ring (bicyclic) bond motifs is 1. The maximum absolute atomic E-state index is 9.63. The van der Waals surface area contributed by atoms with Crippen LogP contribution in [0.15, 0.2) is 16.6 Å². The molecule has 1 aromatic rings. The van der Waals surface area contributed by atoms with Crippen LogP contribution in [0.4, 0.5) is 0 Å². The lowest BCUT2D eigenvalue weighted by Gasteiger charge is -2.13. The minimum Gasteiger partial charge on any atom is -0.504 e. The fraction of sp³-hybridized carbons (Fsp3) is 0.400. The lowest BCUT2D eigenvalue weighted by molar-refractivity contribution is 0.253. The molecule has 1 aliphatic rings. The predicted molar refractivity (Wildman–Crippen MR) is 57.6 cm³/mol. The topological polar surface area (TPSA) is 32.7 Å². The highest BCUT2D eigenvalue weighted by Crippen LogP contribution is 2.37. The molecule has 0 fully saturated rings. The Bertz CT molecular complexity index is 354. The largest absolute Gasteiger partial charge is 0.504 e. The summed E-state index contributed by atoms with van der Waals surface area (Å²) in [4.78, 5) is 2.16. The van der Waals surface area contributed by atoms with E-state index in [0.717, 1.165) is 23.1 Å². The molecule has 4 heteroatoms. The van der Waals surface area contributed by atoms with Crippen molar-refractivity contribution in [1.82, 2.24) is 4.90 Å². The van der Waals surface area contributed by atoms with Crippen LogP contribution >= 0.6 is 15.9 Å². The van der Waals surface area contributed by atoms with E-state index in [0.29, 0.717) is 12.4 Å². The van der Waals surface area contributed by atoms with Gasteiger partial charge in [0.25, 0.3) is 0 Å². The molecule has 0 atom stereocenters. The van der Waals surface area contributed by atoms with E-state index >= 15 is 0 Å². The van der Waals surface area contributed by atoms with Gasteiger partial charge in [-0.25, -0.2) is 0 Å². The van der Waals surface area contributed by atoms with Gasteiger partial charge in [-0.1, -0.05) is 15.9 Å².